The van der Waals surface area contributed by atoms with Crippen LogP contribution in [0.2, 0.25) is 0 Å². The second-order valence-corrected chi connectivity index (χ2v) is 29.6. The number of rotatable bonds is 66. The normalized spacial score (nSPS) is 26.3. The lowest BCUT2D eigenvalue weighted by atomic mass is 9.96. The van der Waals surface area contributed by atoms with Crippen LogP contribution in [0.1, 0.15) is 309 Å². The third kappa shape index (κ3) is 45.0. The van der Waals surface area contributed by atoms with Gasteiger partial charge >= 0.3 is 0 Å². The van der Waals surface area contributed by atoms with Crippen molar-refractivity contribution in [3.8, 4) is 0 Å². The Kier molecular flexibility index (Phi) is 59.8. The average molecular weight is 1490 g/mol. The fourth-order valence-corrected chi connectivity index (χ4v) is 13.7. The van der Waals surface area contributed by atoms with E-state index < -0.39 is 124 Å². The molecule has 1 amide bonds. The fraction of sp³-hybridized carbons (Fsp3) is 0.802. The number of carbonyl (C=O) groups excluding carboxylic acids is 1. The van der Waals surface area contributed by atoms with E-state index in [9.17, 15) is 61.0 Å². The van der Waals surface area contributed by atoms with Crippen LogP contribution in [0.25, 0.3) is 0 Å². The van der Waals surface area contributed by atoms with Crippen LogP contribution in [-0.2, 0) is 33.2 Å². The molecule has 3 rings (SSSR count). The lowest BCUT2D eigenvalue weighted by Gasteiger charge is -2.48. The van der Waals surface area contributed by atoms with Gasteiger partial charge in [-0.1, -0.05) is 323 Å². The Morgan fingerprint density at radius 1 is 0.352 bits per heavy atom. The van der Waals surface area contributed by atoms with Gasteiger partial charge in [-0.3, -0.25) is 4.79 Å². The minimum absolute atomic E-state index is 0.215. The maximum atomic E-state index is 13.5. The van der Waals surface area contributed by atoms with Crippen LogP contribution in [0.15, 0.2) is 97.2 Å². The lowest BCUT2D eigenvalue weighted by Crippen LogP contribution is -2.66. The van der Waals surface area contributed by atoms with Crippen molar-refractivity contribution in [2.75, 3.05) is 26.4 Å². The Morgan fingerprint density at radius 2 is 0.657 bits per heavy atom. The summed E-state index contributed by atoms with van der Waals surface area (Å²) >= 11 is 0. The van der Waals surface area contributed by atoms with Crippen LogP contribution in [-0.4, -0.2) is 193 Å². The van der Waals surface area contributed by atoms with Crippen molar-refractivity contribution >= 4 is 5.91 Å². The van der Waals surface area contributed by atoms with Crippen molar-refractivity contribution in [1.82, 2.24) is 5.32 Å². The maximum absolute atomic E-state index is 13.5. The van der Waals surface area contributed by atoms with Crippen molar-refractivity contribution in [2.45, 2.75) is 413 Å². The van der Waals surface area contributed by atoms with Crippen LogP contribution in [0.5, 0.6) is 0 Å². The molecule has 3 aliphatic heterocycles. The number of allylic oxidation sites excluding steroid dienone is 15. The van der Waals surface area contributed by atoms with Crippen LogP contribution < -0.4 is 5.32 Å². The van der Waals surface area contributed by atoms with Crippen molar-refractivity contribution in [3.63, 3.8) is 0 Å². The first-order valence-electron chi connectivity index (χ1n) is 42.0. The number of hydrogen-bond acceptors (Lipinski definition) is 18. The van der Waals surface area contributed by atoms with Gasteiger partial charge in [0.25, 0.3) is 0 Å². The highest BCUT2D eigenvalue weighted by Crippen LogP contribution is 2.33. The molecule has 19 heteroatoms. The van der Waals surface area contributed by atoms with Gasteiger partial charge in [-0.2, -0.15) is 0 Å². The first kappa shape index (κ1) is 95.9. The zero-order valence-corrected chi connectivity index (χ0v) is 65.2. The van der Waals surface area contributed by atoms with Gasteiger partial charge in [-0.15, -0.1) is 0 Å². The second-order valence-electron chi connectivity index (χ2n) is 29.6. The molecule has 3 heterocycles. The van der Waals surface area contributed by atoms with Gasteiger partial charge in [0.2, 0.25) is 5.91 Å². The minimum atomic E-state index is -1.99. The Morgan fingerprint density at radius 3 is 1.03 bits per heavy atom. The number of ether oxygens (including phenoxy) is 6. The Hall–Kier alpha value is -3.29. The molecule has 3 fully saturated rings. The third-order valence-electron chi connectivity index (χ3n) is 20.4. The molecule has 0 aromatic carbocycles. The van der Waals surface area contributed by atoms with E-state index in [1.54, 1.807) is 6.08 Å². The standard InChI is InChI=1S/C86H151NO18/c1-3-5-7-9-11-13-15-17-19-21-23-25-27-29-31-32-33-34-35-36-38-39-41-43-45-47-49-51-53-55-57-59-61-63-70(91)69(87-74(92)64-62-60-58-56-54-52-50-48-46-44-42-40-37-30-28-26-24-22-20-18-16-14-12-10-8-6-4-2)68-100-84-80(98)77(95)82(72(66-89)102-84)105-86-81(99)78(96)83(73(67-90)103-86)104-85-79(97)76(94)75(93)71(65-88)101-85/h6,8,12,14,18,20,24,26,30,37,42,44,48,50,61,63,69-73,75-86,88-91,93-99H,3-5,7,9-11,13,15-17,19,21-23,25,27-29,31-36,38-41,43,45-47,49,51-60,62,64-68H2,1-2H3,(H,87,92)/b8-6-,14-12-,20-18-,26-24-,37-30-,44-42-,50-48-,63-61+. The van der Waals surface area contributed by atoms with E-state index in [0.29, 0.717) is 6.42 Å². The number of aliphatic hydroxyl groups excluding tert-OH is 11. The summed E-state index contributed by atoms with van der Waals surface area (Å²) in [5.41, 5.74) is 0. The molecule has 3 saturated heterocycles. The molecule has 17 unspecified atom stereocenters. The van der Waals surface area contributed by atoms with Crippen molar-refractivity contribution in [1.29, 1.82) is 0 Å². The lowest BCUT2D eigenvalue weighted by molar-refractivity contribution is -0.379. The molecule has 0 spiro atoms. The summed E-state index contributed by atoms with van der Waals surface area (Å²) in [4.78, 5) is 13.5. The largest absolute Gasteiger partial charge is 0.394 e. The van der Waals surface area contributed by atoms with Gasteiger partial charge in [0.15, 0.2) is 18.9 Å². The van der Waals surface area contributed by atoms with E-state index in [-0.39, 0.29) is 18.9 Å². The number of unbranched alkanes of at least 4 members (excludes halogenated alkanes) is 36. The Balaban J connectivity index is 1.37. The topological polar surface area (TPSA) is 307 Å². The highest BCUT2D eigenvalue weighted by Gasteiger charge is 2.54. The third-order valence-corrected chi connectivity index (χ3v) is 20.4. The maximum Gasteiger partial charge on any atom is 0.220 e. The summed E-state index contributed by atoms with van der Waals surface area (Å²) in [6.45, 7) is 1.63. The molecule has 19 nitrogen and oxygen atoms in total. The monoisotopic (exact) mass is 1490 g/mol. The van der Waals surface area contributed by atoms with E-state index in [0.717, 1.165) is 103 Å². The van der Waals surface area contributed by atoms with E-state index >= 15 is 0 Å². The van der Waals surface area contributed by atoms with Gasteiger partial charge in [-0.25, -0.2) is 0 Å². The zero-order valence-electron chi connectivity index (χ0n) is 65.2. The van der Waals surface area contributed by atoms with Gasteiger partial charge < -0.3 is 89.9 Å². The molecule has 0 aromatic rings. The number of hydrogen-bond donors (Lipinski definition) is 12. The quantitative estimate of drug-likeness (QED) is 0.0199. The fourth-order valence-electron chi connectivity index (χ4n) is 13.7. The summed E-state index contributed by atoms with van der Waals surface area (Å²) in [6.07, 6.45) is 62.5. The van der Waals surface area contributed by atoms with E-state index in [1.165, 1.54) is 180 Å². The van der Waals surface area contributed by atoms with Gasteiger partial charge in [0, 0.05) is 6.42 Å². The van der Waals surface area contributed by atoms with E-state index in [4.69, 9.17) is 28.4 Å². The van der Waals surface area contributed by atoms with Crippen LogP contribution in [0, 0.1) is 0 Å². The summed E-state index contributed by atoms with van der Waals surface area (Å²) in [5, 5.41) is 121. The van der Waals surface area contributed by atoms with Crippen molar-refractivity contribution < 1.29 is 89.4 Å². The van der Waals surface area contributed by atoms with E-state index in [1.807, 2.05) is 6.08 Å². The highest BCUT2D eigenvalue weighted by molar-refractivity contribution is 5.76. The average Bonchev–Trinajstić information content (AvgIpc) is 0.781. The molecule has 12 N–H and O–H groups in total. The summed E-state index contributed by atoms with van der Waals surface area (Å²) in [7, 11) is 0. The van der Waals surface area contributed by atoms with Crippen molar-refractivity contribution in [2.24, 2.45) is 0 Å². The smallest absolute Gasteiger partial charge is 0.220 e. The Bertz CT molecular complexity index is 2270. The van der Waals surface area contributed by atoms with Crippen molar-refractivity contribution in [3.05, 3.63) is 97.2 Å². The molecule has 3 aliphatic rings. The molecule has 608 valence electrons. The Labute approximate surface area is 634 Å². The van der Waals surface area contributed by atoms with Gasteiger partial charge in [0.05, 0.1) is 38.6 Å². The molecule has 0 aromatic heterocycles. The van der Waals surface area contributed by atoms with Gasteiger partial charge in [0.1, 0.15) is 73.2 Å². The zero-order chi connectivity index (χ0) is 76.0. The van der Waals surface area contributed by atoms with Crippen LogP contribution in [0.3, 0.4) is 0 Å². The molecule has 105 heavy (non-hydrogen) atoms. The molecule has 0 radical (unpaired) electrons. The van der Waals surface area contributed by atoms with Gasteiger partial charge in [-0.05, 0) is 77.0 Å². The number of aliphatic hydroxyl groups is 11. The molecular weight excluding hydrogens is 1330 g/mol. The summed E-state index contributed by atoms with van der Waals surface area (Å²) in [6, 6.07) is -0.993. The minimum Gasteiger partial charge on any atom is -0.394 e. The molecule has 0 aliphatic carbocycles. The summed E-state index contributed by atoms with van der Waals surface area (Å²) < 4.78 is 34.5. The first-order valence-corrected chi connectivity index (χ1v) is 42.0. The second kappa shape index (κ2) is 65.4. The predicted molar refractivity (Wildman–Crippen MR) is 420 cm³/mol. The highest BCUT2D eigenvalue weighted by atomic mass is 16.8. The first-order chi connectivity index (χ1) is 51.3. The molecule has 0 saturated carbocycles. The summed E-state index contributed by atoms with van der Waals surface area (Å²) in [5.74, 6) is -0.295. The van der Waals surface area contributed by atoms with E-state index in [2.05, 4.69) is 104 Å². The van der Waals surface area contributed by atoms with Crippen LogP contribution >= 0.6 is 0 Å². The molecular formula is C86H151NO18. The number of amides is 1. The molecule has 17 atom stereocenters. The molecule has 0 bridgehead atoms. The van der Waals surface area contributed by atoms with Crippen LogP contribution in [0.4, 0.5) is 0 Å². The number of nitrogens with one attached hydrogen (secondary N) is 1. The predicted octanol–water partition coefficient (Wildman–Crippen LogP) is 14.7. The SMILES string of the molecule is CC/C=C\C/C=C\C/C=C\C/C=C\C/C=C\C/C=C\C/C=C\CCCCCCCC(=O)NC(COC1OC(CO)C(OC2OC(CO)C(OC3OC(CO)C(O)C(O)C3O)C(O)C2O)C(O)C1O)C(O)/C=C/CCCCCCCCCCCCCCCCCCCCCCCCCCCCCCCCC. The number of carbonyl (C=O) groups is 1.